The lowest BCUT2D eigenvalue weighted by molar-refractivity contribution is -0.125. The monoisotopic (exact) mass is 275 g/mol. The van der Waals surface area contributed by atoms with Crippen LogP contribution in [0.25, 0.3) is 5.65 Å². The van der Waals surface area contributed by atoms with Crippen molar-refractivity contribution in [3.05, 3.63) is 30.2 Å². The van der Waals surface area contributed by atoms with Crippen molar-refractivity contribution in [3.63, 3.8) is 0 Å². The van der Waals surface area contributed by atoms with Gasteiger partial charge in [0.05, 0.1) is 12.5 Å². The van der Waals surface area contributed by atoms with E-state index >= 15 is 0 Å². The Balaban J connectivity index is 1.99. The summed E-state index contributed by atoms with van der Waals surface area (Å²) in [6.45, 7) is 4.90. The third-order valence-electron chi connectivity index (χ3n) is 3.22. The van der Waals surface area contributed by atoms with Gasteiger partial charge in [-0.05, 0) is 24.5 Å². The number of aromatic nitrogens is 3. The first-order valence-corrected chi connectivity index (χ1v) is 6.88. The molecule has 20 heavy (non-hydrogen) atoms. The quantitative estimate of drug-likeness (QED) is 0.822. The molecular weight excluding hydrogens is 254 g/mol. The Morgan fingerprint density at radius 3 is 2.90 bits per heavy atom. The van der Waals surface area contributed by atoms with Crippen LogP contribution in [-0.4, -0.2) is 27.0 Å². The standard InChI is InChI=1S/C14H21N5O/c1-10(2)7-11(8-15)14(20)16-9-13-18-17-12-5-3-4-6-19(12)13/h3-6,10-11H,7-9,15H2,1-2H3,(H,16,20). The Kier molecular flexibility index (Phi) is 4.68. The molecule has 0 bridgehead atoms. The highest BCUT2D eigenvalue weighted by atomic mass is 16.1. The first-order chi connectivity index (χ1) is 9.61. The van der Waals surface area contributed by atoms with Gasteiger partial charge in [-0.2, -0.15) is 0 Å². The second-order valence-electron chi connectivity index (χ2n) is 5.33. The Hall–Kier alpha value is -1.95. The molecule has 0 radical (unpaired) electrons. The van der Waals surface area contributed by atoms with Gasteiger partial charge in [-0.25, -0.2) is 0 Å². The maximum absolute atomic E-state index is 12.1. The van der Waals surface area contributed by atoms with E-state index in [1.165, 1.54) is 0 Å². The van der Waals surface area contributed by atoms with Gasteiger partial charge < -0.3 is 11.1 Å². The summed E-state index contributed by atoms with van der Waals surface area (Å²) in [5.74, 6) is 1.00. The molecule has 1 unspecified atom stereocenters. The summed E-state index contributed by atoms with van der Waals surface area (Å²) >= 11 is 0. The Morgan fingerprint density at radius 2 is 2.20 bits per heavy atom. The highest BCUT2D eigenvalue weighted by Crippen LogP contribution is 2.11. The van der Waals surface area contributed by atoms with Crippen LogP contribution in [0.15, 0.2) is 24.4 Å². The molecule has 6 heteroatoms. The van der Waals surface area contributed by atoms with Crippen LogP contribution in [0.2, 0.25) is 0 Å². The molecule has 0 aliphatic rings. The maximum Gasteiger partial charge on any atom is 0.224 e. The van der Waals surface area contributed by atoms with Crippen molar-refractivity contribution >= 4 is 11.6 Å². The molecule has 2 heterocycles. The largest absolute Gasteiger partial charge is 0.349 e. The van der Waals surface area contributed by atoms with Crippen LogP contribution in [-0.2, 0) is 11.3 Å². The minimum Gasteiger partial charge on any atom is -0.349 e. The van der Waals surface area contributed by atoms with Crippen molar-refractivity contribution in [2.45, 2.75) is 26.8 Å². The molecule has 0 saturated carbocycles. The fourth-order valence-corrected chi connectivity index (χ4v) is 2.20. The molecular formula is C14H21N5O. The summed E-state index contributed by atoms with van der Waals surface area (Å²) in [4.78, 5) is 12.1. The summed E-state index contributed by atoms with van der Waals surface area (Å²) in [5.41, 5.74) is 6.44. The van der Waals surface area contributed by atoms with E-state index in [9.17, 15) is 4.79 Å². The van der Waals surface area contributed by atoms with Crippen LogP contribution in [0.5, 0.6) is 0 Å². The lowest BCUT2D eigenvalue weighted by Gasteiger charge is -2.16. The minimum atomic E-state index is -0.144. The zero-order chi connectivity index (χ0) is 14.5. The number of hydrogen-bond donors (Lipinski definition) is 2. The zero-order valence-corrected chi connectivity index (χ0v) is 11.9. The predicted octanol–water partition coefficient (Wildman–Crippen LogP) is 0.966. The van der Waals surface area contributed by atoms with E-state index in [1.54, 1.807) is 0 Å². The SMILES string of the molecule is CC(C)CC(CN)C(=O)NCc1nnc2ccccn12. The van der Waals surface area contributed by atoms with E-state index in [4.69, 9.17) is 5.73 Å². The molecule has 108 valence electrons. The smallest absolute Gasteiger partial charge is 0.224 e. The summed E-state index contributed by atoms with van der Waals surface area (Å²) in [6.07, 6.45) is 2.67. The van der Waals surface area contributed by atoms with Gasteiger partial charge in [0.2, 0.25) is 5.91 Å². The predicted molar refractivity (Wildman–Crippen MR) is 76.8 cm³/mol. The number of carbonyl (C=O) groups is 1. The van der Waals surface area contributed by atoms with E-state index in [0.717, 1.165) is 12.1 Å². The zero-order valence-electron chi connectivity index (χ0n) is 11.9. The van der Waals surface area contributed by atoms with Gasteiger partial charge in [0.15, 0.2) is 11.5 Å². The maximum atomic E-state index is 12.1. The number of nitrogens with two attached hydrogens (primary N) is 1. The average Bonchev–Trinajstić information content (AvgIpc) is 2.85. The third kappa shape index (κ3) is 3.33. The van der Waals surface area contributed by atoms with Gasteiger partial charge in [-0.15, -0.1) is 10.2 Å². The van der Waals surface area contributed by atoms with Gasteiger partial charge in [0, 0.05) is 12.7 Å². The summed E-state index contributed by atoms with van der Waals surface area (Å²) in [7, 11) is 0. The molecule has 6 nitrogen and oxygen atoms in total. The number of hydrogen-bond acceptors (Lipinski definition) is 4. The number of nitrogens with one attached hydrogen (secondary N) is 1. The lowest BCUT2D eigenvalue weighted by Crippen LogP contribution is -2.35. The molecule has 3 N–H and O–H groups in total. The van der Waals surface area contributed by atoms with Gasteiger partial charge in [-0.1, -0.05) is 19.9 Å². The normalized spacial score (nSPS) is 12.8. The van der Waals surface area contributed by atoms with Gasteiger partial charge in [-0.3, -0.25) is 9.20 Å². The Bertz CT molecular complexity index is 578. The molecule has 1 atom stereocenters. The number of nitrogens with zero attached hydrogens (tertiary/aromatic N) is 3. The van der Waals surface area contributed by atoms with Crippen LogP contribution >= 0.6 is 0 Å². The van der Waals surface area contributed by atoms with Crippen molar-refractivity contribution in [1.82, 2.24) is 19.9 Å². The van der Waals surface area contributed by atoms with E-state index in [2.05, 4.69) is 29.4 Å². The van der Waals surface area contributed by atoms with Gasteiger partial charge in [0.1, 0.15) is 0 Å². The molecule has 0 aliphatic heterocycles. The molecule has 0 aliphatic carbocycles. The van der Waals surface area contributed by atoms with Crippen LogP contribution in [0.1, 0.15) is 26.1 Å². The number of fused-ring (bicyclic) bond motifs is 1. The number of carbonyl (C=O) groups excluding carboxylic acids is 1. The molecule has 0 aromatic carbocycles. The summed E-state index contributed by atoms with van der Waals surface area (Å²) in [6, 6.07) is 5.68. The van der Waals surface area contributed by atoms with E-state index in [-0.39, 0.29) is 11.8 Å². The van der Waals surface area contributed by atoms with E-state index < -0.39 is 0 Å². The van der Waals surface area contributed by atoms with Crippen LogP contribution in [0.3, 0.4) is 0 Å². The van der Waals surface area contributed by atoms with Gasteiger partial charge >= 0.3 is 0 Å². The lowest BCUT2D eigenvalue weighted by atomic mass is 9.96. The fourth-order valence-electron chi connectivity index (χ4n) is 2.20. The second kappa shape index (κ2) is 6.47. The van der Waals surface area contributed by atoms with Gasteiger partial charge in [0.25, 0.3) is 0 Å². The van der Waals surface area contributed by atoms with Crippen molar-refractivity contribution in [1.29, 1.82) is 0 Å². The molecule has 0 saturated heterocycles. The molecule has 2 aromatic rings. The average molecular weight is 275 g/mol. The molecule has 2 aromatic heterocycles. The van der Waals surface area contributed by atoms with Crippen LogP contribution < -0.4 is 11.1 Å². The van der Waals surface area contributed by atoms with Crippen LogP contribution in [0, 0.1) is 11.8 Å². The summed E-state index contributed by atoms with van der Waals surface area (Å²) in [5, 5.41) is 11.0. The van der Waals surface area contributed by atoms with E-state index in [1.807, 2.05) is 28.8 Å². The molecule has 1 amide bonds. The topological polar surface area (TPSA) is 85.3 Å². The highest BCUT2D eigenvalue weighted by Gasteiger charge is 2.18. The van der Waals surface area contributed by atoms with Crippen molar-refractivity contribution in [2.75, 3.05) is 6.54 Å². The number of amides is 1. The Labute approximate surface area is 118 Å². The number of pyridine rings is 1. The molecule has 2 rings (SSSR count). The minimum absolute atomic E-state index is 0.0196. The first kappa shape index (κ1) is 14.5. The highest BCUT2D eigenvalue weighted by molar-refractivity contribution is 5.78. The van der Waals surface area contributed by atoms with Crippen molar-refractivity contribution in [2.24, 2.45) is 17.6 Å². The first-order valence-electron chi connectivity index (χ1n) is 6.88. The second-order valence-corrected chi connectivity index (χ2v) is 5.33. The molecule has 0 fully saturated rings. The fraction of sp³-hybridized carbons (Fsp3) is 0.500. The van der Waals surface area contributed by atoms with Crippen molar-refractivity contribution in [3.8, 4) is 0 Å². The number of rotatable bonds is 6. The molecule has 0 spiro atoms. The van der Waals surface area contributed by atoms with E-state index in [0.29, 0.717) is 24.8 Å². The Morgan fingerprint density at radius 1 is 1.40 bits per heavy atom. The third-order valence-corrected chi connectivity index (χ3v) is 3.22. The summed E-state index contributed by atoms with van der Waals surface area (Å²) < 4.78 is 1.86. The van der Waals surface area contributed by atoms with Crippen LogP contribution in [0.4, 0.5) is 0 Å². The van der Waals surface area contributed by atoms with Crippen molar-refractivity contribution < 1.29 is 4.79 Å².